The molecule has 1 aliphatic rings. The van der Waals surface area contributed by atoms with Gasteiger partial charge in [-0.3, -0.25) is 9.59 Å². The first kappa shape index (κ1) is 17.6. The number of furan rings is 1. The normalized spacial score (nSPS) is 15.2. The Morgan fingerprint density at radius 1 is 1.22 bits per heavy atom. The molecule has 0 saturated carbocycles. The minimum Gasteiger partial charge on any atom is -0.472 e. The lowest BCUT2D eigenvalue weighted by molar-refractivity contribution is -0.126. The summed E-state index contributed by atoms with van der Waals surface area (Å²) in [5.74, 6) is -0.142. The summed E-state index contributed by atoms with van der Waals surface area (Å²) >= 11 is 5.97. The zero-order valence-electron chi connectivity index (χ0n) is 14.6. The highest BCUT2D eigenvalue weighted by molar-refractivity contribution is 6.30. The van der Waals surface area contributed by atoms with E-state index in [-0.39, 0.29) is 17.7 Å². The second kappa shape index (κ2) is 7.44. The van der Waals surface area contributed by atoms with Crippen molar-refractivity contribution in [1.82, 2.24) is 19.6 Å². The van der Waals surface area contributed by atoms with Crippen LogP contribution in [0.4, 0.5) is 0 Å². The highest BCUT2D eigenvalue weighted by Crippen LogP contribution is 2.20. The van der Waals surface area contributed by atoms with Crippen LogP contribution in [-0.2, 0) is 11.3 Å². The van der Waals surface area contributed by atoms with Crippen LogP contribution in [0, 0.1) is 5.92 Å². The minimum atomic E-state index is -0.0927. The molecule has 0 radical (unpaired) electrons. The highest BCUT2D eigenvalue weighted by atomic mass is 35.5. The molecule has 0 bridgehead atoms. The zero-order chi connectivity index (χ0) is 18.8. The summed E-state index contributed by atoms with van der Waals surface area (Å²) in [6.45, 7) is 1.50. The maximum absolute atomic E-state index is 12.5. The van der Waals surface area contributed by atoms with E-state index in [1.54, 1.807) is 23.2 Å². The summed E-state index contributed by atoms with van der Waals surface area (Å²) in [7, 11) is 0. The fourth-order valence-electron chi connectivity index (χ4n) is 3.34. The molecule has 7 nitrogen and oxygen atoms in total. The van der Waals surface area contributed by atoms with Crippen molar-refractivity contribution in [2.45, 2.75) is 19.4 Å². The number of pyridine rings is 1. The number of nitrogens with one attached hydrogen (secondary N) is 1. The molecule has 1 saturated heterocycles. The number of likely N-dealkylation sites (tertiary alicyclic amines) is 1. The second-order valence-electron chi connectivity index (χ2n) is 6.64. The number of amides is 2. The quantitative estimate of drug-likeness (QED) is 0.747. The lowest BCUT2D eigenvalue weighted by Gasteiger charge is -2.31. The number of halogens is 1. The van der Waals surface area contributed by atoms with Crippen LogP contribution in [0.2, 0.25) is 5.02 Å². The number of rotatable bonds is 4. The van der Waals surface area contributed by atoms with Gasteiger partial charge < -0.3 is 19.0 Å². The molecule has 0 atom stereocenters. The molecule has 2 amide bonds. The average molecular weight is 387 g/mol. The summed E-state index contributed by atoms with van der Waals surface area (Å²) < 4.78 is 6.80. The van der Waals surface area contributed by atoms with Crippen molar-refractivity contribution < 1.29 is 14.0 Å². The molecule has 8 heteroatoms. The van der Waals surface area contributed by atoms with Gasteiger partial charge in [0.15, 0.2) is 0 Å². The van der Waals surface area contributed by atoms with Gasteiger partial charge in [-0.1, -0.05) is 11.6 Å². The lowest BCUT2D eigenvalue weighted by atomic mass is 9.95. The smallest absolute Gasteiger partial charge is 0.257 e. The molecule has 0 aliphatic carbocycles. The fraction of sp³-hybridized carbons (Fsp3) is 0.316. The molecule has 4 rings (SSSR count). The van der Waals surface area contributed by atoms with Gasteiger partial charge in [-0.2, -0.15) is 0 Å². The fourth-order valence-corrected chi connectivity index (χ4v) is 3.51. The maximum Gasteiger partial charge on any atom is 0.257 e. The van der Waals surface area contributed by atoms with E-state index >= 15 is 0 Å². The molecule has 3 aromatic rings. The van der Waals surface area contributed by atoms with Crippen molar-refractivity contribution in [2.24, 2.45) is 5.92 Å². The van der Waals surface area contributed by atoms with Crippen LogP contribution >= 0.6 is 11.6 Å². The number of hydrogen-bond acceptors (Lipinski definition) is 4. The number of piperidine rings is 1. The Morgan fingerprint density at radius 3 is 2.78 bits per heavy atom. The molecular weight excluding hydrogens is 368 g/mol. The van der Waals surface area contributed by atoms with Crippen LogP contribution in [-0.4, -0.2) is 39.2 Å². The van der Waals surface area contributed by atoms with Crippen molar-refractivity contribution in [3.05, 3.63) is 59.4 Å². The van der Waals surface area contributed by atoms with Crippen LogP contribution in [0.1, 0.15) is 28.9 Å². The van der Waals surface area contributed by atoms with Gasteiger partial charge in [0.2, 0.25) is 5.91 Å². The van der Waals surface area contributed by atoms with Crippen molar-refractivity contribution in [3.63, 3.8) is 0 Å². The first-order chi connectivity index (χ1) is 13.1. The SMILES string of the molecule is O=C(NCc1cn2cc(Cl)ccc2n1)C1CCN(C(=O)c2ccoc2)CC1. The summed E-state index contributed by atoms with van der Waals surface area (Å²) in [5.41, 5.74) is 2.11. The Kier molecular flexibility index (Phi) is 4.85. The highest BCUT2D eigenvalue weighted by Gasteiger charge is 2.28. The summed E-state index contributed by atoms with van der Waals surface area (Å²) in [6, 6.07) is 5.27. The Morgan fingerprint density at radius 2 is 2.04 bits per heavy atom. The lowest BCUT2D eigenvalue weighted by Crippen LogP contribution is -2.42. The van der Waals surface area contributed by atoms with Crippen molar-refractivity contribution in [1.29, 1.82) is 0 Å². The first-order valence-corrected chi connectivity index (χ1v) is 9.20. The Bertz CT molecular complexity index is 959. The summed E-state index contributed by atoms with van der Waals surface area (Å²) in [4.78, 5) is 31.0. The number of hydrogen-bond donors (Lipinski definition) is 1. The predicted octanol–water partition coefficient (Wildman–Crippen LogP) is 2.75. The minimum absolute atomic E-state index is 0.000462. The molecule has 3 aromatic heterocycles. The maximum atomic E-state index is 12.5. The van der Waals surface area contributed by atoms with E-state index in [1.807, 2.05) is 16.7 Å². The number of aromatic nitrogens is 2. The Labute approximate surface area is 160 Å². The summed E-state index contributed by atoms with van der Waals surface area (Å²) in [6.07, 6.45) is 7.87. The van der Waals surface area contributed by atoms with E-state index in [0.717, 1.165) is 11.3 Å². The van der Waals surface area contributed by atoms with Crippen LogP contribution in [0.15, 0.2) is 47.5 Å². The molecule has 1 aliphatic heterocycles. The van der Waals surface area contributed by atoms with Crippen LogP contribution < -0.4 is 5.32 Å². The number of fused-ring (bicyclic) bond motifs is 1. The van der Waals surface area contributed by atoms with E-state index < -0.39 is 0 Å². The molecule has 1 fully saturated rings. The largest absolute Gasteiger partial charge is 0.472 e. The van der Waals surface area contributed by atoms with Gasteiger partial charge in [0.1, 0.15) is 11.9 Å². The van der Waals surface area contributed by atoms with Gasteiger partial charge in [-0.05, 0) is 31.0 Å². The molecule has 1 N–H and O–H groups in total. The van der Waals surface area contributed by atoms with Crippen LogP contribution in [0.25, 0.3) is 5.65 Å². The van der Waals surface area contributed by atoms with E-state index in [0.29, 0.717) is 43.1 Å². The van der Waals surface area contributed by atoms with Gasteiger partial charge in [-0.15, -0.1) is 0 Å². The van der Waals surface area contributed by atoms with Gasteiger partial charge in [0.25, 0.3) is 5.91 Å². The number of imidazole rings is 1. The number of nitrogens with zero attached hydrogens (tertiary/aromatic N) is 3. The molecule has 27 heavy (non-hydrogen) atoms. The molecule has 0 unspecified atom stereocenters. The molecule has 0 spiro atoms. The third kappa shape index (κ3) is 3.83. The standard InChI is InChI=1S/C19H19ClN4O3/c20-15-1-2-17-22-16(11-24(17)10-15)9-21-18(25)13-3-6-23(7-4-13)19(26)14-5-8-27-12-14/h1-2,5,8,10-13H,3-4,6-7,9H2,(H,21,25). The molecule has 140 valence electrons. The van der Waals surface area contributed by atoms with Gasteiger partial charge >= 0.3 is 0 Å². The van der Waals surface area contributed by atoms with E-state index in [2.05, 4.69) is 10.3 Å². The van der Waals surface area contributed by atoms with Crippen molar-refractivity contribution >= 4 is 29.1 Å². The monoisotopic (exact) mass is 386 g/mol. The predicted molar refractivity (Wildman–Crippen MR) is 99.4 cm³/mol. The topological polar surface area (TPSA) is 79.9 Å². The van der Waals surface area contributed by atoms with Crippen molar-refractivity contribution in [3.8, 4) is 0 Å². The average Bonchev–Trinajstić information content (AvgIpc) is 3.35. The first-order valence-electron chi connectivity index (χ1n) is 8.82. The number of carbonyl (C=O) groups excluding carboxylic acids is 2. The van der Waals surface area contributed by atoms with Crippen molar-refractivity contribution in [2.75, 3.05) is 13.1 Å². The number of carbonyl (C=O) groups is 2. The molecular formula is C19H19ClN4O3. The third-order valence-corrected chi connectivity index (χ3v) is 5.05. The van der Waals surface area contributed by atoms with Crippen LogP contribution in [0.3, 0.4) is 0 Å². The van der Waals surface area contributed by atoms with Crippen LogP contribution in [0.5, 0.6) is 0 Å². The van der Waals surface area contributed by atoms with Gasteiger partial charge in [-0.25, -0.2) is 4.98 Å². The van der Waals surface area contributed by atoms with E-state index in [1.165, 1.54) is 12.5 Å². The van der Waals surface area contributed by atoms with E-state index in [9.17, 15) is 9.59 Å². The Balaban J connectivity index is 1.29. The zero-order valence-corrected chi connectivity index (χ0v) is 15.4. The van der Waals surface area contributed by atoms with Gasteiger partial charge in [0.05, 0.1) is 29.1 Å². The van der Waals surface area contributed by atoms with Gasteiger partial charge in [0, 0.05) is 31.4 Å². The molecule has 4 heterocycles. The third-order valence-electron chi connectivity index (χ3n) is 4.83. The Hall–Kier alpha value is -2.80. The molecule has 0 aromatic carbocycles. The second-order valence-corrected chi connectivity index (χ2v) is 7.08. The van der Waals surface area contributed by atoms with E-state index in [4.69, 9.17) is 16.0 Å². The summed E-state index contributed by atoms with van der Waals surface area (Å²) in [5, 5.41) is 3.58.